The SMILES string of the molecule is CCCOC(c1ccccc1)[N+]12CCC(CC1)CC2.[Cl-]. The zero-order valence-electron chi connectivity index (χ0n) is 12.4. The van der Waals surface area contributed by atoms with Gasteiger partial charge in [-0.2, -0.15) is 0 Å². The number of nitrogens with zero attached hydrogens (tertiary/aromatic N) is 1. The summed E-state index contributed by atoms with van der Waals surface area (Å²) in [5, 5.41) is 0. The summed E-state index contributed by atoms with van der Waals surface area (Å²) >= 11 is 0. The second-order valence-electron chi connectivity index (χ2n) is 6.26. The molecule has 112 valence electrons. The van der Waals surface area contributed by atoms with Crippen LogP contribution in [0.1, 0.15) is 44.4 Å². The molecule has 2 nitrogen and oxygen atoms in total. The van der Waals surface area contributed by atoms with Crippen molar-refractivity contribution in [3.8, 4) is 0 Å². The molecule has 1 aromatic carbocycles. The predicted octanol–water partition coefficient (Wildman–Crippen LogP) is 0.746. The van der Waals surface area contributed by atoms with Crippen molar-refractivity contribution in [1.82, 2.24) is 0 Å². The monoisotopic (exact) mass is 295 g/mol. The van der Waals surface area contributed by atoms with E-state index in [-0.39, 0.29) is 18.6 Å². The van der Waals surface area contributed by atoms with Crippen LogP contribution in [-0.2, 0) is 4.74 Å². The molecule has 0 aromatic heterocycles. The van der Waals surface area contributed by atoms with Crippen molar-refractivity contribution >= 4 is 0 Å². The summed E-state index contributed by atoms with van der Waals surface area (Å²) in [6, 6.07) is 10.9. The third-order valence-corrected chi connectivity index (χ3v) is 5.01. The molecule has 0 spiro atoms. The molecular weight excluding hydrogens is 270 g/mol. The Balaban J connectivity index is 0.00000147. The highest BCUT2D eigenvalue weighted by Crippen LogP contribution is 2.41. The quantitative estimate of drug-likeness (QED) is 0.729. The lowest BCUT2D eigenvalue weighted by Gasteiger charge is -2.52. The van der Waals surface area contributed by atoms with Crippen LogP contribution in [0.25, 0.3) is 0 Å². The van der Waals surface area contributed by atoms with Crippen molar-refractivity contribution in [1.29, 1.82) is 0 Å². The lowest BCUT2D eigenvalue weighted by atomic mass is 9.85. The molecule has 3 aliphatic heterocycles. The molecular formula is C17H26ClNO. The van der Waals surface area contributed by atoms with Gasteiger partial charge in [0.2, 0.25) is 6.23 Å². The van der Waals surface area contributed by atoms with Crippen molar-refractivity contribution in [2.75, 3.05) is 26.2 Å². The molecule has 20 heavy (non-hydrogen) atoms. The zero-order chi connectivity index (χ0) is 13.1. The van der Waals surface area contributed by atoms with Crippen LogP contribution in [0, 0.1) is 5.92 Å². The Hall–Kier alpha value is -0.570. The van der Waals surface area contributed by atoms with E-state index >= 15 is 0 Å². The Morgan fingerprint density at radius 3 is 2.25 bits per heavy atom. The van der Waals surface area contributed by atoms with Gasteiger partial charge in [0.15, 0.2) is 0 Å². The number of piperidine rings is 3. The van der Waals surface area contributed by atoms with E-state index < -0.39 is 0 Å². The van der Waals surface area contributed by atoms with Crippen LogP contribution in [0.15, 0.2) is 30.3 Å². The number of quaternary nitrogens is 1. The highest BCUT2D eigenvalue weighted by molar-refractivity contribution is 5.16. The topological polar surface area (TPSA) is 9.23 Å². The molecule has 0 aliphatic carbocycles. The van der Waals surface area contributed by atoms with Crippen molar-refractivity contribution in [2.24, 2.45) is 5.92 Å². The number of fused-ring (bicyclic) bond motifs is 3. The molecule has 0 N–H and O–H groups in total. The van der Waals surface area contributed by atoms with Gasteiger partial charge in [0.1, 0.15) is 0 Å². The highest BCUT2D eigenvalue weighted by Gasteiger charge is 2.46. The molecule has 1 unspecified atom stereocenters. The summed E-state index contributed by atoms with van der Waals surface area (Å²) in [5.41, 5.74) is 1.37. The number of rotatable bonds is 5. The lowest BCUT2D eigenvalue weighted by molar-refractivity contribution is -0.991. The smallest absolute Gasteiger partial charge is 0.220 e. The van der Waals surface area contributed by atoms with Crippen molar-refractivity contribution < 1.29 is 21.6 Å². The maximum atomic E-state index is 6.31. The van der Waals surface area contributed by atoms with Gasteiger partial charge in [0.25, 0.3) is 0 Å². The van der Waals surface area contributed by atoms with E-state index in [0.717, 1.165) is 18.9 Å². The summed E-state index contributed by atoms with van der Waals surface area (Å²) < 4.78 is 7.49. The number of halogens is 1. The highest BCUT2D eigenvalue weighted by atomic mass is 35.5. The van der Waals surface area contributed by atoms with E-state index in [9.17, 15) is 0 Å². The molecule has 0 amide bonds. The third kappa shape index (κ3) is 3.03. The average molecular weight is 296 g/mol. The molecule has 0 radical (unpaired) electrons. The summed E-state index contributed by atoms with van der Waals surface area (Å²) in [4.78, 5) is 0. The van der Waals surface area contributed by atoms with Gasteiger partial charge in [-0.1, -0.05) is 37.3 Å². The van der Waals surface area contributed by atoms with E-state index in [1.807, 2.05) is 0 Å². The van der Waals surface area contributed by atoms with Gasteiger partial charge in [-0.15, -0.1) is 0 Å². The molecule has 1 aromatic rings. The third-order valence-electron chi connectivity index (χ3n) is 5.01. The van der Waals surface area contributed by atoms with E-state index in [4.69, 9.17) is 4.74 Å². The van der Waals surface area contributed by atoms with Crippen LogP contribution in [0.4, 0.5) is 0 Å². The average Bonchev–Trinajstić information content (AvgIpc) is 2.50. The first-order valence-electron chi connectivity index (χ1n) is 7.86. The van der Waals surface area contributed by atoms with Crippen LogP contribution in [0.2, 0.25) is 0 Å². The molecule has 2 bridgehead atoms. The number of ether oxygens (including phenoxy) is 1. The van der Waals surface area contributed by atoms with E-state index in [2.05, 4.69) is 37.3 Å². The molecule has 4 rings (SSSR count). The Morgan fingerprint density at radius 1 is 1.10 bits per heavy atom. The molecule has 3 fully saturated rings. The van der Waals surface area contributed by atoms with Crippen LogP contribution >= 0.6 is 0 Å². The summed E-state index contributed by atoms with van der Waals surface area (Å²) in [6.07, 6.45) is 5.57. The fourth-order valence-electron chi connectivity index (χ4n) is 3.86. The fraction of sp³-hybridized carbons (Fsp3) is 0.647. The van der Waals surface area contributed by atoms with E-state index in [0.29, 0.717) is 0 Å². The largest absolute Gasteiger partial charge is 1.00 e. The number of benzene rings is 1. The minimum atomic E-state index is 0. The van der Waals surface area contributed by atoms with Gasteiger partial charge in [-0.25, -0.2) is 0 Å². The molecule has 1 atom stereocenters. The molecule has 3 saturated heterocycles. The van der Waals surface area contributed by atoms with Gasteiger partial charge in [0.05, 0.1) is 26.2 Å². The standard InChI is InChI=1S/C17H26NO.ClH/c1-2-14-19-17(16-6-4-3-5-7-16)18-11-8-15(9-12-18)10-13-18;/h3-7,15,17H,2,8-14H2,1H3;1H/q+1;/p-1. The number of hydrogen-bond acceptors (Lipinski definition) is 1. The maximum Gasteiger partial charge on any atom is 0.220 e. The molecule has 3 heteroatoms. The Morgan fingerprint density at radius 2 is 1.70 bits per heavy atom. The first-order chi connectivity index (χ1) is 9.34. The lowest BCUT2D eigenvalue weighted by Crippen LogP contribution is -3.00. The molecule has 0 saturated carbocycles. The van der Waals surface area contributed by atoms with Gasteiger partial charge >= 0.3 is 0 Å². The first kappa shape index (κ1) is 15.8. The summed E-state index contributed by atoms with van der Waals surface area (Å²) in [6.45, 7) is 7.02. The minimum Gasteiger partial charge on any atom is -1.00 e. The van der Waals surface area contributed by atoms with Crippen molar-refractivity contribution in [3.05, 3.63) is 35.9 Å². The maximum absolute atomic E-state index is 6.31. The minimum absolute atomic E-state index is 0. The molecule has 3 aliphatic rings. The van der Waals surface area contributed by atoms with Crippen LogP contribution in [0.3, 0.4) is 0 Å². The summed E-state index contributed by atoms with van der Waals surface area (Å²) in [5.74, 6) is 1.00. The first-order valence-corrected chi connectivity index (χ1v) is 7.86. The second kappa shape index (κ2) is 6.93. The van der Waals surface area contributed by atoms with Gasteiger partial charge < -0.3 is 17.1 Å². The van der Waals surface area contributed by atoms with Gasteiger partial charge in [-0.3, -0.25) is 4.48 Å². The van der Waals surface area contributed by atoms with Crippen LogP contribution < -0.4 is 12.4 Å². The van der Waals surface area contributed by atoms with Gasteiger partial charge in [0, 0.05) is 5.56 Å². The van der Waals surface area contributed by atoms with Crippen LogP contribution in [-0.4, -0.2) is 30.7 Å². The zero-order valence-corrected chi connectivity index (χ0v) is 13.2. The van der Waals surface area contributed by atoms with Crippen molar-refractivity contribution in [3.63, 3.8) is 0 Å². The van der Waals surface area contributed by atoms with E-state index in [1.54, 1.807) is 0 Å². The second-order valence-corrected chi connectivity index (χ2v) is 6.26. The van der Waals surface area contributed by atoms with Crippen LogP contribution in [0.5, 0.6) is 0 Å². The predicted molar refractivity (Wildman–Crippen MR) is 77.6 cm³/mol. The Labute approximate surface area is 129 Å². The Bertz CT molecular complexity index is 387. The Kier molecular flexibility index (Phi) is 5.48. The van der Waals surface area contributed by atoms with Crippen molar-refractivity contribution in [2.45, 2.75) is 38.8 Å². The summed E-state index contributed by atoms with van der Waals surface area (Å²) in [7, 11) is 0. The number of hydrogen-bond donors (Lipinski definition) is 0. The fourth-order valence-corrected chi connectivity index (χ4v) is 3.86. The van der Waals surface area contributed by atoms with E-state index in [1.165, 1.54) is 48.9 Å². The normalized spacial score (nSPS) is 29.8. The molecule has 3 heterocycles. The van der Waals surface area contributed by atoms with Gasteiger partial charge in [-0.05, 0) is 31.6 Å².